The number of halogens is 4. The molecule has 0 amide bonds. The second kappa shape index (κ2) is 11.2. The van der Waals surface area contributed by atoms with Gasteiger partial charge in [-0.3, -0.25) is 0 Å². The van der Waals surface area contributed by atoms with Crippen molar-refractivity contribution in [2.75, 3.05) is 0 Å². The molecule has 0 heterocycles. The average Bonchev–Trinajstić information content (AvgIpc) is 2.74. The van der Waals surface area contributed by atoms with Crippen LogP contribution in [0, 0.1) is 29.4 Å². The van der Waals surface area contributed by atoms with Gasteiger partial charge in [0.05, 0.1) is 0 Å². The zero-order valence-corrected chi connectivity index (χ0v) is 17.9. The lowest BCUT2D eigenvalue weighted by atomic mass is 9.74. The first-order valence-electron chi connectivity index (χ1n) is 11.6. The van der Waals surface area contributed by atoms with E-state index in [1.165, 1.54) is 38.5 Å². The molecule has 5 heteroatoms. The van der Waals surface area contributed by atoms with E-state index >= 15 is 0 Å². The van der Waals surface area contributed by atoms with Gasteiger partial charge in [0, 0.05) is 0 Å². The molecule has 30 heavy (non-hydrogen) atoms. The smallest absolute Gasteiger partial charge is 0.387 e. The van der Waals surface area contributed by atoms with E-state index in [2.05, 4.69) is 23.8 Å². The van der Waals surface area contributed by atoms with Crippen LogP contribution in [0.2, 0.25) is 0 Å². The van der Waals surface area contributed by atoms with E-state index in [0.717, 1.165) is 56.1 Å². The molecule has 1 nitrogen and oxygen atoms in total. The number of alkyl halides is 2. The number of benzene rings is 1. The van der Waals surface area contributed by atoms with Gasteiger partial charge in [-0.2, -0.15) is 8.78 Å². The van der Waals surface area contributed by atoms with Gasteiger partial charge in [-0.15, -0.1) is 0 Å². The second-order valence-corrected chi connectivity index (χ2v) is 9.10. The fourth-order valence-electron chi connectivity index (χ4n) is 5.27. The number of allylic oxidation sites excluding steroid dienone is 2. The number of hydrogen-bond donors (Lipinski definition) is 0. The van der Waals surface area contributed by atoms with Gasteiger partial charge in [0.15, 0.2) is 17.4 Å². The molecule has 0 saturated heterocycles. The van der Waals surface area contributed by atoms with Crippen molar-refractivity contribution in [3.8, 4) is 5.75 Å². The van der Waals surface area contributed by atoms with Crippen molar-refractivity contribution in [3.05, 3.63) is 41.5 Å². The molecule has 0 radical (unpaired) electrons. The highest BCUT2D eigenvalue weighted by Crippen LogP contribution is 2.41. The van der Waals surface area contributed by atoms with Crippen molar-refractivity contribution in [3.63, 3.8) is 0 Å². The minimum Gasteiger partial charge on any atom is -0.429 e. The van der Waals surface area contributed by atoms with E-state index in [1.54, 1.807) is 0 Å². The summed E-state index contributed by atoms with van der Waals surface area (Å²) in [6.45, 7) is -1.06. The van der Waals surface area contributed by atoms with Crippen molar-refractivity contribution >= 4 is 0 Å². The zero-order valence-electron chi connectivity index (χ0n) is 17.9. The summed E-state index contributed by atoms with van der Waals surface area (Å²) in [7, 11) is 0. The van der Waals surface area contributed by atoms with Crippen LogP contribution in [0.5, 0.6) is 5.75 Å². The van der Waals surface area contributed by atoms with Crippen molar-refractivity contribution in [1.29, 1.82) is 0 Å². The molecule has 0 unspecified atom stereocenters. The minimum absolute atomic E-state index is 0.0895. The second-order valence-electron chi connectivity index (χ2n) is 9.10. The lowest BCUT2D eigenvalue weighted by Crippen LogP contribution is -2.17. The molecule has 2 aliphatic carbocycles. The highest BCUT2D eigenvalue weighted by Gasteiger charge is 2.26. The molecule has 2 fully saturated rings. The third kappa shape index (κ3) is 6.49. The van der Waals surface area contributed by atoms with Crippen molar-refractivity contribution in [2.45, 2.75) is 90.1 Å². The van der Waals surface area contributed by atoms with Crippen LogP contribution < -0.4 is 4.74 Å². The lowest BCUT2D eigenvalue weighted by Gasteiger charge is -2.31. The lowest BCUT2D eigenvalue weighted by molar-refractivity contribution is -0.0546. The molecule has 2 saturated carbocycles. The first-order valence-corrected chi connectivity index (χ1v) is 11.6. The van der Waals surface area contributed by atoms with Crippen LogP contribution >= 0.6 is 0 Å². The maximum Gasteiger partial charge on any atom is 0.387 e. The Bertz CT molecular complexity index is 663. The standard InChI is InChI=1S/C25H34F4O/c1-2-3-4-17-5-7-18(8-6-17)9-10-19-11-13-20(14-12-19)21-15-22(26)24(23(27)16-21)30-25(28)29/h3-4,15-20,25H,2,5-14H2,1H3/b4-3+. The fourth-order valence-corrected chi connectivity index (χ4v) is 5.27. The molecule has 2 aliphatic rings. The molecule has 168 valence electrons. The fraction of sp³-hybridized carbons (Fsp3) is 0.680. The van der Waals surface area contributed by atoms with Crippen molar-refractivity contribution in [2.24, 2.45) is 17.8 Å². The molecule has 0 atom stereocenters. The molecule has 0 bridgehead atoms. The number of hydrogen-bond acceptors (Lipinski definition) is 1. The van der Waals surface area contributed by atoms with Crippen LogP contribution in [-0.4, -0.2) is 6.61 Å². The van der Waals surface area contributed by atoms with Crippen LogP contribution in [0.1, 0.15) is 89.0 Å². The maximum atomic E-state index is 14.0. The molecule has 0 aromatic heterocycles. The summed E-state index contributed by atoms with van der Waals surface area (Å²) < 4.78 is 56.6. The Labute approximate surface area is 177 Å². The van der Waals surface area contributed by atoms with E-state index in [-0.39, 0.29) is 5.92 Å². The van der Waals surface area contributed by atoms with E-state index in [0.29, 0.717) is 11.5 Å². The molecular formula is C25H34F4O. The predicted molar refractivity (Wildman–Crippen MR) is 112 cm³/mol. The van der Waals surface area contributed by atoms with Gasteiger partial charge in [0.2, 0.25) is 0 Å². The Kier molecular flexibility index (Phi) is 8.64. The highest BCUT2D eigenvalue weighted by atomic mass is 19.3. The Hall–Kier alpha value is -1.52. The average molecular weight is 427 g/mol. The van der Waals surface area contributed by atoms with E-state index in [9.17, 15) is 17.6 Å². The zero-order chi connectivity index (χ0) is 21.5. The Balaban J connectivity index is 1.43. The quantitative estimate of drug-likeness (QED) is 0.299. The van der Waals surface area contributed by atoms with Crippen LogP contribution in [-0.2, 0) is 0 Å². The Morgan fingerprint density at radius 3 is 1.93 bits per heavy atom. The summed E-state index contributed by atoms with van der Waals surface area (Å²) in [5.74, 6) is -0.674. The topological polar surface area (TPSA) is 9.23 Å². The normalized spacial score (nSPS) is 27.7. The Morgan fingerprint density at radius 2 is 1.43 bits per heavy atom. The maximum absolute atomic E-state index is 14.0. The van der Waals surface area contributed by atoms with Crippen LogP contribution in [0.15, 0.2) is 24.3 Å². The van der Waals surface area contributed by atoms with Crippen LogP contribution in [0.4, 0.5) is 17.6 Å². The molecule has 3 rings (SSSR count). The molecular weight excluding hydrogens is 392 g/mol. The van der Waals surface area contributed by atoms with Gasteiger partial charge in [-0.1, -0.05) is 31.9 Å². The summed E-state index contributed by atoms with van der Waals surface area (Å²) >= 11 is 0. The molecule has 0 N–H and O–H groups in total. The third-order valence-electron chi connectivity index (χ3n) is 7.06. The summed E-state index contributed by atoms with van der Waals surface area (Å²) in [6, 6.07) is 2.33. The summed E-state index contributed by atoms with van der Waals surface area (Å²) in [5.41, 5.74) is 0.559. The first kappa shape index (κ1) is 23.1. The van der Waals surface area contributed by atoms with E-state index in [4.69, 9.17) is 0 Å². The van der Waals surface area contributed by atoms with Crippen LogP contribution in [0.3, 0.4) is 0 Å². The van der Waals surface area contributed by atoms with E-state index in [1.807, 2.05) is 0 Å². The first-order chi connectivity index (χ1) is 14.5. The molecule has 1 aromatic carbocycles. The molecule has 1 aromatic rings. The van der Waals surface area contributed by atoms with Crippen molar-refractivity contribution < 1.29 is 22.3 Å². The van der Waals surface area contributed by atoms with Gasteiger partial charge in [0.25, 0.3) is 0 Å². The number of ether oxygens (including phenoxy) is 1. The SMILES string of the molecule is CC/C=C/C1CCC(CCC2CCC(c3cc(F)c(OC(F)F)c(F)c3)CC2)CC1. The van der Waals surface area contributed by atoms with Gasteiger partial charge in [0.1, 0.15) is 0 Å². The molecule has 0 spiro atoms. The Morgan fingerprint density at radius 1 is 0.900 bits per heavy atom. The van der Waals surface area contributed by atoms with Crippen molar-refractivity contribution in [1.82, 2.24) is 0 Å². The highest BCUT2D eigenvalue weighted by molar-refractivity contribution is 5.33. The van der Waals surface area contributed by atoms with Gasteiger partial charge in [-0.25, -0.2) is 8.78 Å². The van der Waals surface area contributed by atoms with Crippen LogP contribution in [0.25, 0.3) is 0 Å². The monoisotopic (exact) mass is 426 g/mol. The van der Waals surface area contributed by atoms with Gasteiger partial charge >= 0.3 is 6.61 Å². The van der Waals surface area contributed by atoms with Gasteiger partial charge in [-0.05, 0) is 99.2 Å². The summed E-state index contributed by atoms with van der Waals surface area (Å²) in [5, 5.41) is 0. The van der Waals surface area contributed by atoms with E-state index < -0.39 is 24.0 Å². The summed E-state index contributed by atoms with van der Waals surface area (Å²) in [6.07, 6.45) is 17.6. The predicted octanol–water partition coefficient (Wildman–Crippen LogP) is 8.39. The largest absolute Gasteiger partial charge is 0.429 e. The number of rotatable bonds is 8. The third-order valence-corrected chi connectivity index (χ3v) is 7.06. The summed E-state index contributed by atoms with van der Waals surface area (Å²) in [4.78, 5) is 0. The molecule has 0 aliphatic heterocycles. The minimum atomic E-state index is -3.24. The van der Waals surface area contributed by atoms with Gasteiger partial charge < -0.3 is 4.74 Å².